The van der Waals surface area contributed by atoms with Gasteiger partial charge < -0.3 is 10.6 Å². The van der Waals surface area contributed by atoms with Gasteiger partial charge in [-0.05, 0) is 43.9 Å². The summed E-state index contributed by atoms with van der Waals surface area (Å²) in [6.45, 7) is 1.52. The number of halogens is 1. The summed E-state index contributed by atoms with van der Waals surface area (Å²) >= 11 is 0. The van der Waals surface area contributed by atoms with Crippen molar-refractivity contribution in [3.05, 3.63) is 29.6 Å². The summed E-state index contributed by atoms with van der Waals surface area (Å²) in [4.78, 5) is 2.21. The molecule has 0 unspecified atom stereocenters. The molecule has 0 bridgehead atoms. The third kappa shape index (κ3) is 3.69. The van der Waals surface area contributed by atoms with Gasteiger partial charge in [0.1, 0.15) is 5.82 Å². The van der Waals surface area contributed by atoms with E-state index in [0.717, 1.165) is 23.7 Å². The van der Waals surface area contributed by atoms with Crippen LogP contribution in [0.4, 0.5) is 10.1 Å². The highest BCUT2D eigenvalue weighted by molar-refractivity contribution is 5.53. The van der Waals surface area contributed by atoms with E-state index >= 15 is 0 Å². The Kier molecular flexibility index (Phi) is 5.20. The number of nitrogens with zero attached hydrogens (tertiary/aromatic N) is 1. The lowest BCUT2D eigenvalue weighted by molar-refractivity contribution is 0.362. The molecule has 1 aliphatic carbocycles. The van der Waals surface area contributed by atoms with Crippen molar-refractivity contribution >= 4 is 5.69 Å². The first kappa shape index (κ1) is 14.3. The molecule has 0 aromatic heterocycles. The summed E-state index contributed by atoms with van der Waals surface area (Å²) < 4.78 is 13.9. The second-order valence-electron chi connectivity index (χ2n) is 5.66. The molecule has 0 heterocycles. The van der Waals surface area contributed by atoms with E-state index in [4.69, 9.17) is 5.73 Å². The fraction of sp³-hybridized carbons (Fsp3) is 0.625. The smallest absolute Gasteiger partial charge is 0.128 e. The van der Waals surface area contributed by atoms with Gasteiger partial charge >= 0.3 is 0 Å². The molecule has 0 saturated heterocycles. The molecule has 1 fully saturated rings. The Labute approximate surface area is 115 Å². The molecule has 0 spiro atoms. The maximum absolute atomic E-state index is 13.9. The molecule has 1 aromatic carbocycles. The largest absolute Gasteiger partial charge is 0.374 e. The number of hydrogen-bond donors (Lipinski definition) is 1. The third-order valence-electron chi connectivity index (χ3n) is 4.16. The van der Waals surface area contributed by atoms with Crippen LogP contribution in [0.5, 0.6) is 0 Å². The van der Waals surface area contributed by atoms with Gasteiger partial charge in [0.25, 0.3) is 0 Å². The normalized spacial score (nSPS) is 16.6. The van der Waals surface area contributed by atoms with Gasteiger partial charge in [-0.25, -0.2) is 4.39 Å². The standard InChI is InChI=1S/C16H25FN2/c1-19(12-13-6-3-2-4-7-13)16-9-5-8-15(17)14(16)10-11-18/h5,8-9,13H,2-4,6-7,10-12,18H2,1H3. The molecule has 0 atom stereocenters. The fourth-order valence-corrected chi connectivity index (χ4v) is 3.15. The summed E-state index contributed by atoms with van der Waals surface area (Å²) in [5.41, 5.74) is 7.37. The van der Waals surface area contributed by atoms with Crippen LogP contribution in [-0.2, 0) is 6.42 Å². The Morgan fingerprint density at radius 3 is 2.68 bits per heavy atom. The first-order valence-electron chi connectivity index (χ1n) is 7.41. The minimum atomic E-state index is -0.126. The molecule has 0 aliphatic heterocycles. The zero-order chi connectivity index (χ0) is 13.7. The summed E-state index contributed by atoms with van der Waals surface area (Å²) in [6, 6.07) is 5.34. The second-order valence-corrected chi connectivity index (χ2v) is 5.66. The molecular weight excluding hydrogens is 239 g/mol. The van der Waals surface area contributed by atoms with E-state index in [1.54, 1.807) is 6.07 Å². The van der Waals surface area contributed by atoms with E-state index in [0.29, 0.717) is 13.0 Å². The van der Waals surface area contributed by atoms with Crippen LogP contribution in [-0.4, -0.2) is 20.1 Å². The van der Waals surface area contributed by atoms with Crippen molar-refractivity contribution in [2.24, 2.45) is 11.7 Å². The topological polar surface area (TPSA) is 29.3 Å². The van der Waals surface area contributed by atoms with Crippen molar-refractivity contribution in [2.75, 3.05) is 25.0 Å². The zero-order valence-electron chi connectivity index (χ0n) is 11.9. The van der Waals surface area contributed by atoms with E-state index in [-0.39, 0.29) is 5.82 Å². The van der Waals surface area contributed by atoms with E-state index in [2.05, 4.69) is 11.9 Å². The third-order valence-corrected chi connectivity index (χ3v) is 4.16. The average molecular weight is 264 g/mol. The van der Waals surface area contributed by atoms with Crippen LogP contribution >= 0.6 is 0 Å². The molecule has 19 heavy (non-hydrogen) atoms. The minimum absolute atomic E-state index is 0.126. The van der Waals surface area contributed by atoms with Gasteiger partial charge in [-0.3, -0.25) is 0 Å². The van der Waals surface area contributed by atoms with Gasteiger partial charge in [0, 0.05) is 24.8 Å². The van der Waals surface area contributed by atoms with Crippen molar-refractivity contribution in [3.8, 4) is 0 Å². The minimum Gasteiger partial charge on any atom is -0.374 e. The molecule has 1 aliphatic rings. The van der Waals surface area contributed by atoms with Gasteiger partial charge in [0.2, 0.25) is 0 Å². The van der Waals surface area contributed by atoms with Crippen molar-refractivity contribution in [2.45, 2.75) is 38.5 Å². The first-order chi connectivity index (χ1) is 9.22. The number of anilines is 1. The van der Waals surface area contributed by atoms with Gasteiger partial charge in [0.05, 0.1) is 0 Å². The average Bonchev–Trinajstić information content (AvgIpc) is 2.42. The second kappa shape index (κ2) is 6.90. The Balaban J connectivity index is 2.08. The molecular formula is C16H25FN2. The van der Waals surface area contributed by atoms with E-state index in [1.807, 2.05) is 6.07 Å². The SMILES string of the molecule is CN(CC1CCCCC1)c1cccc(F)c1CCN. The molecule has 2 nitrogen and oxygen atoms in total. The lowest BCUT2D eigenvalue weighted by Crippen LogP contribution is -2.28. The van der Waals surface area contributed by atoms with Gasteiger partial charge in [0.15, 0.2) is 0 Å². The monoisotopic (exact) mass is 264 g/mol. The molecule has 106 valence electrons. The highest BCUT2D eigenvalue weighted by Gasteiger charge is 2.18. The number of nitrogens with two attached hydrogens (primary N) is 1. The van der Waals surface area contributed by atoms with E-state index in [9.17, 15) is 4.39 Å². The maximum atomic E-state index is 13.9. The van der Waals surface area contributed by atoms with Crippen molar-refractivity contribution in [1.82, 2.24) is 0 Å². The molecule has 1 aromatic rings. The molecule has 0 radical (unpaired) electrons. The molecule has 3 heteroatoms. The maximum Gasteiger partial charge on any atom is 0.128 e. The van der Waals surface area contributed by atoms with Crippen LogP contribution in [0, 0.1) is 11.7 Å². The molecule has 2 rings (SSSR count). The van der Waals surface area contributed by atoms with Gasteiger partial charge in [-0.2, -0.15) is 0 Å². The summed E-state index contributed by atoms with van der Waals surface area (Å²) in [5, 5.41) is 0. The van der Waals surface area contributed by atoms with Crippen LogP contribution in [0.25, 0.3) is 0 Å². The Morgan fingerprint density at radius 2 is 2.00 bits per heavy atom. The highest BCUT2D eigenvalue weighted by Crippen LogP contribution is 2.28. The fourth-order valence-electron chi connectivity index (χ4n) is 3.15. The first-order valence-corrected chi connectivity index (χ1v) is 7.41. The lowest BCUT2D eigenvalue weighted by Gasteiger charge is -2.29. The van der Waals surface area contributed by atoms with Crippen LogP contribution in [0.15, 0.2) is 18.2 Å². The molecule has 0 amide bonds. The number of hydrogen-bond acceptors (Lipinski definition) is 2. The Hall–Kier alpha value is -1.09. The predicted octanol–water partition coefficient (Wildman–Crippen LogP) is 3.34. The van der Waals surface area contributed by atoms with Crippen LogP contribution in [0.3, 0.4) is 0 Å². The predicted molar refractivity (Wildman–Crippen MR) is 79.0 cm³/mol. The lowest BCUT2D eigenvalue weighted by atomic mass is 9.89. The summed E-state index contributed by atoms with van der Waals surface area (Å²) in [7, 11) is 2.07. The molecule has 1 saturated carbocycles. The van der Waals surface area contributed by atoms with Crippen LogP contribution < -0.4 is 10.6 Å². The Morgan fingerprint density at radius 1 is 1.26 bits per heavy atom. The van der Waals surface area contributed by atoms with Gasteiger partial charge in [-0.15, -0.1) is 0 Å². The van der Waals surface area contributed by atoms with Crippen LogP contribution in [0.2, 0.25) is 0 Å². The Bertz CT molecular complexity index is 400. The van der Waals surface area contributed by atoms with Crippen molar-refractivity contribution in [3.63, 3.8) is 0 Å². The van der Waals surface area contributed by atoms with E-state index in [1.165, 1.54) is 38.2 Å². The quantitative estimate of drug-likeness (QED) is 0.883. The van der Waals surface area contributed by atoms with Crippen molar-refractivity contribution in [1.29, 1.82) is 0 Å². The summed E-state index contributed by atoms with van der Waals surface area (Å²) in [6.07, 6.45) is 7.29. The van der Waals surface area contributed by atoms with Crippen molar-refractivity contribution < 1.29 is 4.39 Å². The van der Waals surface area contributed by atoms with Crippen LogP contribution in [0.1, 0.15) is 37.7 Å². The highest BCUT2D eigenvalue weighted by atomic mass is 19.1. The van der Waals surface area contributed by atoms with Gasteiger partial charge in [-0.1, -0.05) is 25.3 Å². The number of rotatable bonds is 5. The number of benzene rings is 1. The summed E-state index contributed by atoms with van der Waals surface area (Å²) in [5.74, 6) is 0.631. The van der Waals surface area contributed by atoms with E-state index < -0.39 is 0 Å². The molecule has 2 N–H and O–H groups in total. The zero-order valence-corrected chi connectivity index (χ0v) is 11.9.